The van der Waals surface area contributed by atoms with E-state index in [0.29, 0.717) is 6.42 Å². The average molecular weight is 225 g/mol. The summed E-state index contributed by atoms with van der Waals surface area (Å²) < 4.78 is 12.6. The van der Waals surface area contributed by atoms with E-state index in [4.69, 9.17) is 5.11 Å². The minimum absolute atomic E-state index is 0.0638. The van der Waals surface area contributed by atoms with Gasteiger partial charge in [-0.3, -0.25) is 4.79 Å². The van der Waals surface area contributed by atoms with Gasteiger partial charge in [-0.05, 0) is 24.1 Å². The summed E-state index contributed by atoms with van der Waals surface area (Å²) >= 11 is 0. The van der Waals surface area contributed by atoms with Gasteiger partial charge < -0.3 is 10.4 Å². The van der Waals surface area contributed by atoms with Crippen molar-refractivity contribution in [3.8, 4) is 0 Å². The van der Waals surface area contributed by atoms with Crippen molar-refractivity contribution >= 4 is 5.91 Å². The number of aliphatic hydroxyl groups is 1. The molecule has 0 aliphatic heterocycles. The molecule has 4 heteroatoms. The first-order valence-electron chi connectivity index (χ1n) is 5.30. The fourth-order valence-electron chi connectivity index (χ4n) is 1.34. The summed E-state index contributed by atoms with van der Waals surface area (Å²) in [6.45, 7) is 1.82. The third-order valence-electron chi connectivity index (χ3n) is 2.36. The molecule has 1 amide bonds. The second kappa shape index (κ2) is 6.23. The first-order chi connectivity index (χ1) is 7.65. The summed E-state index contributed by atoms with van der Waals surface area (Å²) in [7, 11) is 0. The molecule has 0 fully saturated rings. The molecule has 0 radical (unpaired) electrons. The molecular weight excluding hydrogens is 209 g/mol. The zero-order valence-electron chi connectivity index (χ0n) is 9.24. The molecule has 0 bridgehead atoms. The molecule has 0 aliphatic rings. The Balaban J connectivity index is 2.48. The molecule has 0 aliphatic carbocycles. The van der Waals surface area contributed by atoms with Crippen LogP contribution in [0.5, 0.6) is 0 Å². The molecule has 0 aromatic heterocycles. The van der Waals surface area contributed by atoms with Gasteiger partial charge in [0.2, 0.25) is 5.91 Å². The Kier molecular flexibility index (Phi) is 4.92. The highest BCUT2D eigenvalue weighted by Crippen LogP contribution is 2.03. The first kappa shape index (κ1) is 12.6. The van der Waals surface area contributed by atoms with E-state index >= 15 is 0 Å². The van der Waals surface area contributed by atoms with E-state index in [0.717, 1.165) is 5.56 Å². The average Bonchev–Trinajstić information content (AvgIpc) is 2.29. The zero-order valence-corrected chi connectivity index (χ0v) is 9.24. The molecule has 1 aromatic carbocycles. The van der Waals surface area contributed by atoms with Gasteiger partial charge in [-0.15, -0.1) is 0 Å². The smallest absolute Gasteiger partial charge is 0.224 e. The van der Waals surface area contributed by atoms with E-state index in [1.165, 1.54) is 12.1 Å². The van der Waals surface area contributed by atoms with Crippen LogP contribution in [0.15, 0.2) is 24.3 Å². The van der Waals surface area contributed by atoms with Gasteiger partial charge in [0.15, 0.2) is 0 Å². The SMILES string of the molecule is CC[C@@H](CO)NC(=O)Cc1ccc(F)cc1. The minimum atomic E-state index is -0.314. The highest BCUT2D eigenvalue weighted by Gasteiger charge is 2.09. The van der Waals surface area contributed by atoms with Crippen molar-refractivity contribution in [3.05, 3.63) is 35.6 Å². The Bertz CT molecular complexity index is 333. The normalized spacial score (nSPS) is 12.2. The zero-order chi connectivity index (χ0) is 12.0. The Hall–Kier alpha value is -1.42. The number of rotatable bonds is 5. The molecule has 0 saturated carbocycles. The number of amides is 1. The van der Waals surface area contributed by atoms with Crippen molar-refractivity contribution in [1.82, 2.24) is 5.32 Å². The number of carbonyl (C=O) groups excluding carboxylic acids is 1. The first-order valence-corrected chi connectivity index (χ1v) is 5.30. The van der Waals surface area contributed by atoms with E-state index in [2.05, 4.69) is 5.32 Å². The molecule has 1 rings (SSSR count). The summed E-state index contributed by atoms with van der Waals surface area (Å²) in [6, 6.07) is 5.61. The molecule has 0 unspecified atom stereocenters. The molecule has 2 N–H and O–H groups in total. The van der Waals surface area contributed by atoms with Gasteiger partial charge in [-0.1, -0.05) is 19.1 Å². The summed E-state index contributed by atoms with van der Waals surface area (Å²) in [6.07, 6.45) is 0.891. The van der Waals surface area contributed by atoms with Gasteiger partial charge in [0.1, 0.15) is 5.82 Å². The van der Waals surface area contributed by atoms with Crippen LogP contribution in [0.1, 0.15) is 18.9 Å². The van der Waals surface area contributed by atoms with E-state index in [1.807, 2.05) is 6.92 Å². The maximum Gasteiger partial charge on any atom is 0.224 e. The second-order valence-corrected chi connectivity index (χ2v) is 3.66. The molecule has 16 heavy (non-hydrogen) atoms. The lowest BCUT2D eigenvalue weighted by Gasteiger charge is -2.13. The molecule has 0 spiro atoms. The van der Waals surface area contributed by atoms with Crippen LogP contribution >= 0.6 is 0 Å². The van der Waals surface area contributed by atoms with Crippen LogP contribution in [-0.4, -0.2) is 23.7 Å². The topological polar surface area (TPSA) is 49.3 Å². The maximum absolute atomic E-state index is 12.6. The van der Waals surface area contributed by atoms with Gasteiger partial charge in [0, 0.05) is 0 Å². The van der Waals surface area contributed by atoms with Crippen LogP contribution in [0, 0.1) is 5.82 Å². The van der Waals surface area contributed by atoms with Gasteiger partial charge in [-0.2, -0.15) is 0 Å². The largest absolute Gasteiger partial charge is 0.394 e. The van der Waals surface area contributed by atoms with Crippen molar-refractivity contribution < 1.29 is 14.3 Å². The third-order valence-corrected chi connectivity index (χ3v) is 2.36. The maximum atomic E-state index is 12.6. The minimum Gasteiger partial charge on any atom is -0.394 e. The van der Waals surface area contributed by atoms with Gasteiger partial charge in [0.05, 0.1) is 19.1 Å². The Morgan fingerprint density at radius 1 is 1.44 bits per heavy atom. The number of carbonyl (C=O) groups is 1. The van der Waals surface area contributed by atoms with E-state index in [9.17, 15) is 9.18 Å². The van der Waals surface area contributed by atoms with Crippen molar-refractivity contribution in [2.75, 3.05) is 6.61 Å². The van der Waals surface area contributed by atoms with Crippen molar-refractivity contribution in [3.63, 3.8) is 0 Å². The van der Waals surface area contributed by atoms with E-state index in [1.54, 1.807) is 12.1 Å². The number of hydrogen-bond donors (Lipinski definition) is 2. The van der Waals surface area contributed by atoms with Gasteiger partial charge in [0.25, 0.3) is 0 Å². The van der Waals surface area contributed by atoms with E-state index in [-0.39, 0.29) is 30.8 Å². The van der Waals surface area contributed by atoms with Crippen molar-refractivity contribution in [2.45, 2.75) is 25.8 Å². The third kappa shape index (κ3) is 3.98. The van der Waals surface area contributed by atoms with Crippen LogP contribution in [0.25, 0.3) is 0 Å². The van der Waals surface area contributed by atoms with Crippen LogP contribution in [0.2, 0.25) is 0 Å². The van der Waals surface area contributed by atoms with Crippen LogP contribution in [0.4, 0.5) is 4.39 Å². The standard InChI is InChI=1S/C12H16FNO2/c1-2-11(8-15)14-12(16)7-9-3-5-10(13)6-4-9/h3-6,11,15H,2,7-8H2,1H3,(H,14,16)/t11-/m0/s1. The molecule has 1 aromatic rings. The Labute approximate surface area is 94.3 Å². The Morgan fingerprint density at radius 2 is 2.06 bits per heavy atom. The van der Waals surface area contributed by atoms with Crippen molar-refractivity contribution in [2.24, 2.45) is 0 Å². The summed E-state index contributed by atoms with van der Waals surface area (Å²) in [5.41, 5.74) is 0.756. The molecule has 3 nitrogen and oxygen atoms in total. The summed E-state index contributed by atoms with van der Waals surface area (Å²) in [4.78, 5) is 11.5. The van der Waals surface area contributed by atoms with Crippen molar-refractivity contribution in [1.29, 1.82) is 0 Å². The van der Waals surface area contributed by atoms with Crippen LogP contribution < -0.4 is 5.32 Å². The fourth-order valence-corrected chi connectivity index (χ4v) is 1.34. The highest BCUT2D eigenvalue weighted by molar-refractivity contribution is 5.78. The quantitative estimate of drug-likeness (QED) is 0.792. The molecular formula is C12H16FNO2. The number of halogens is 1. The summed E-state index contributed by atoms with van der Waals surface area (Å²) in [5, 5.41) is 11.6. The monoisotopic (exact) mass is 225 g/mol. The predicted octanol–water partition coefficient (Wildman–Crippen LogP) is 1.26. The lowest BCUT2D eigenvalue weighted by molar-refractivity contribution is -0.121. The molecule has 0 saturated heterocycles. The fraction of sp³-hybridized carbons (Fsp3) is 0.417. The van der Waals surface area contributed by atoms with E-state index < -0.39 is 0 Å². The highest BCUT2D eigenvalue weighted by atomic mass is 19.1. The van der Waals surface area contributed by atoms with Crippen LogP contribution in [0.3, 0.4) is 0 Å². The molecule has 0 heterocycles. The lowest BCUT2D eigenvalue weighted by atomic mass is 10.1. The number of nitrogens with one attached hydrogen (secondary N) is 1. The second-order valence-electron chi connectivity index (χ2n) is 3.66. The number of benzene rings is 1. The van der Waals surface area contributed by atoms with Gasteiger partial charge >= 0.3 is 0 Å². The molecule has 88 valence electrons. The lowest BCUT2D eigenvalue weighted by Crippen LogP contribution is -2.37. The summed E-state index contributed by atoms with van der Waals surface area (Å²) in [5.74, 6) is -0.474. The number of aliphatic hydroxyl groups excluding tert-OH is 1. The van der Waals surface area contributed by atoms with Gasteiger partial charge in [-0.25, -0.2) is 4.39 Å². The van der Waals surface area contributed by atoms with Crippen LogP contribution in [-0.2, 0) is 11.2 Å². The number of hydrogen-bond acceptors (Lipinski definition) is 2. The molecule has 1 atom stereocenters. The predicted molar refractivity (Wildman–Crippen MR) is 59.4 cm³/mol. The Morgan fingerprint density at radius 3 is 2.56 bits per heavy atom.